The summed E-state index contributed by atoms with van der Waals surface area (Å²) in [5, 5.41) is 3.40. The van der Waals surface area contributed by atoms with Gasteiger partial charge in [-0.1, -0.05) is 6.42 Å². The molecule has 2 amide bonds. The molecule has 2 aliphatic rings. The SMILES string of the molecule is CC1CN(C(=O)c2ccc(NC(=O)c3ccc4c(=O)n5c(nc4c3)CCCCC5)cc2)CC(C)O1. The molecule has 3 aromatic rings. The van der Waals surface area contributed by atoms with Gasteiger partial charge in [0.25, 0.3) is 17.4 Å². The van der Waals surface area contributed by atoms with Crippen LogP contribution >= 0.6 is 0 Å². The number of amides is 2. The van der Waals surface area contributed by atoms with Gasteiger partial charge in [0.2, 0.25) is 0 Å². The van der Waals surface area contributed by atoms with Crippen molar-refractivity contribution in [3.05, 3.63) is 69.8 Å². The minimum Gasteiger partial charge on any atom is -0.372 e. The van der Waals surface area contributed by atoms with Crippen molar-refractivity contribution < 1.29 is 14.3 Å². The molecule has 2 atom stereocenters. The number of nitrogens with one attached hydrogen (secondary N) is 1. The summed E-state index contributed by atoms with van der Waals surface area (Å²) in [5.74, 6) is 0.455. The molecule has 3 heterocycles. The van der Waals surface area contributed by atoms with Crippen LogP contribution in [0.15, 0.2) is 47.3 Å². The van der Waals surface area contributed by atoms with Gasteiger partial charge in [0.05, 0.1) is 23.1 Å². The molecule has 0 aliphatic carbocycles. The first-order chi connectivity index (χ1) is 16.9. The van der Waals surface area contributed by atoms with E-state index in [1.54, 1.807) is 51.9 Å². The van der Waals surface area contributed by atoms with Crippen LogP contribution < -0.4 is 10.9 Å². The Morgan fingerprint density at radius 3 is 2.43 bits per heavy atom. The van der Waals surface area contributed by atoms with E-state index in [1.807, 2.05) is 13.8 Å². The van der Waals surface area contributed by atoms with Crippen LogP contribution in [0.3, 0.4) is 0 Å². The zero-order valence-electron chi connectivity index (χ0n) is 20.1. The lowest BCUT2D eigenvalue weighted by Gasteiger charge is -2.35. The Morgan fingerprint density at radius 1 is 0.971 bits per heavy atom. The first kappa shape index (κ1) is 23.2. The summed E-state index contributed by atoms with van der Waals surface area (Å²) in [5.41, 5.74) is 2.10. The third kappa shape index (κ3) is 4.84. The molecule has 1 aromatic heterocycles. The van der Waals surface area contributed by atoms with E-state index in [1.165, 1.54) is 0 Å². The number of hydrogen-bond acceptors (Lipinski definition) is 5. The van der Waals surface area contributed by atoms with Crippen LogP contribution in [0.25, 0.3) is 10.9 Å². The molecule has 0 saturated carbocycles. The number of aromatic nitrogens is 2. The number of nitrogens with zero attached hydrogens (tertiary/aromatic N) is 3. The third-order valence-corrected chi connectivity index (χ3v) is 6.68. The number of morpholine rings is 1. The van der Waals surface area contributed by atoms with Crippen LogP contribution in [-0.4, -0.2) is 51.6 Å². The standard InChI is InChI=1S/C27H30N4O4/c1-17-15-30(16-18(2)35-17)26(33)19-7-10-21(11-8-19)28-25(32)20-9-12-22-23(14-20)29-24-6-4-3-5-13-31(24)27(22)34/h7-12,14,17-18H,3-6,13,15-16H2,1-2H3,(H,28,32). The van der Waals surface area contributed by atoms with E-state index in [0.29, 0.717) is 47.4 Å². The van der Waals surface area contributed by atoms with Crippen molar-refractivity contribution in [2.24, 2.45) is 0 Å². The fourth-order valence-corrected chi connectivity index (χ4v) is 4.99. The zero-order valence-corrected chi connectivity index (χ0v) is 20.1. The Morgan fingerprint density at radius 2 is 1.69 bits per heavy atom. The lowest BCUT2D eigenvalue weighted by molar-refractivity contribution is -0.0586. The summed E-state index contributed by atoms with van der Waals surface area (Å²) in [4.78, 5) is 45.2. The minimum absolute atomic E-state index is 0.00365. The zero-order chi connectivity index (χ0) is 24.5. The van der Waals surface area contributed by atoms with Crippen LogP contribution in [0.4, 0.5) is 5.69 Å². The predicted octanol–water partition coefficient (Wildman–Crippen LogP) is 3.62. The molecule has 8 heteroatoms. The summed E-state index contributed by atoms with van der Waals surface area (Å²) in [7, 11) is 0. The predicted molar refractivity (Wildman–Crippen MR) is 134 cm³/mol. The van der Waals surface area contributed by atoms with E-state index < -0.39 is 0 Å². The van der Waals surface area contributed by atoms with Gasteiger partial charge in [0.1, 0.15) is 5.82 Å². The lowest BCUT2D eigenvalue weighted by atomic mass is 10.1. The summed E-state index contributed by atoms with van der Waals surface area (Å²) in [6.07, 6.45) is 3.86. The largest absolute Gasteiger partial charge is 0.372 e. The summed E-state index contributed by atoms with van der Waals surface area (Å²) >= 11 is 0. The van der Waals surface area contributed by atoms with Crippen molar-refractivity contribution in [2.75, 3.05) is 18.4 Å². The highest BCUT2D eigenvalue weighted by Gasteiger charge is 2.26. The Hall–Kier alpha value is -3.52. The van der Waals surface area contributed by atoms with Crippen LogP contribution in [0.2, 0.25) is 0 Å². The van der Waals surface area contributed by atoms with Gasteiger partial charge in [0, 0.05) is 42.9 Å². The van der Waals surface area contributed by atoms with Crippen molar-refractivity contribution >= 4 is 28.4 Å². The van der Waals surface area contributed by atoms with Crippen molar-refractivity contribution in [3.63, 3.8) is 0 Å². The number of hydrogen-bond donors (Lipinski definition) is 1. The molecule has 0 radical (unpaired) electrons. The van der Waals surface area contributed by atoms with Gasteiger partial charge in [-0.25, -0.2) is 4.98 Å². The van der Waals surface area contributed by atoms with Crippen molar-refractivity contribution in [1.29, 1.82) is 0 Å². The van der Waals surface area contributed by atoms with E-state index in [9.17, 15) is 14.4 Å². The quantitative estimate of drug-likeness (QED) is 0.626. The third-order valence-electron chi connectivity index (χ3n) is 6.68. The van der Waals surface area contributed by atoms with Crippen molar-refractivity contribution in [3.8, 4) is 0 Å². The molecule has 5 rings (SSSR count). The Labute approximate surface area is 203 Å². The Kier molecular flexibility index (Phi) is 6.38. The smallest absolute Gasteiger partial charge is 0.261 e. The van der Waals surface area contributed by atoms with Crippen molar-refractivity contribution in [1.82, 2.24) is 14.5 Å². The normalized spacial score (nSPS) is 20.2. The van der Waals surface area contributed by atoms with E-state index >= 15 is 0 Å². The number of ether oxygens (including phenoxy) is 1. The fraction of sp³-hybridized carbons (Fsp3) is 0.407. The van der Waals surface area contributed by atoms with E-state index in [2.05, 4.69) is 5.32 Å². The molecule has 2 unspecified atom stereocenters. The minimum atomic E-state index is -0.293. The average Bonchev–Trinajstić information content (AvgIpc) is 3.09. The summed E-state index contributed by atoms with van der Waals surface area (Å²) in [6.45, 7) is 5.74. The number of benzene rings is 2. The molecule has 0 bridgehead atoms. The molecule has 35 heavy (non-hydrogen) atoms. The van der Waals surface area contributed by atoms with Gasteiger partial charge < -0.3 is 15.0 Å². The molecule has 1 saturated heterocycles. The number of rotatable bonds is 3. The van der Waals surface area contributed by atoms with E-state index in [-0.39, 0.29) is 29.6 Å². The maximum atomic E-state index is 12.9. The highest BCUT2D eigenvalue weighted by Crippen LogP contribution is 2.19. The second-order valence-corrected chi connectivity index (χ2v) is 9.53. The summed E-state index contributed by atoms with van der Waals surface area (Å²) < 4.78 is 7.48. The fourth-order valence-electron chi connectivity index (χ4n) is 4.99. The molecule has 2 aliphatic heterocycles. The van der Waals surface area contributed by atoms with Crippen LogP contribution in [0.5, 0.6) is 0 Å². The van der Waals surface area contributed by atoms with E-state index in [4.69, 9.17) is 9.72 Å². The molecule has 1 N–H and O–H groups in total. The molecule has 0 spiro atoms. The monoisotopic (exact) mass is 474 g/mol. The first-order valence-corrected chi connectivity index (χ1v) is 12.3. The van der Waals surface area contributed by atoms with E-state index in [0.717, 1.165) is 31.5 Å². The van der Waals surface area contributed by atoms with Crippen LogP contribution in [0.1, 0.15) is 59.7 Å². The van der Waals surface area contributed by atoms with Gasteiger partial charge in [-0.05, 0) is 69.2 Å². The number of aryl methyl sites for hydroxylation is 1. The first-order valence-electron chi connectivity index (χ1n) is 12.3. The van der Waals surface area contributed by atoms with Gasteiger partial charge in [-0.15, -0.1) is 0 Å². The maximum Gasteiger partial charge on any atom is 0.261 e. The van der Waals surface area contributed by atoms with Crippen LogP contribution in [0, 0.1) is 0 Å². The van der Waals surface area contributed by atoms with Crippen LogP contribution in [-0.2, 0) is 17.7 Å². The summed E-state index contributed by atoms with van der Waals surface area (Å²) in [6, 6.07) is 11.9. The molecule has 2 aromatic carbocycles. The van der Waals surface area contributed by atoms with Crippen molar-refractivity contribution in [2.45, 2.75) is 58.3 Å². The van der Waals surface area contributed by atoms with Gasteiger partial charge in [0.15, 0.2) is 0 Å². The highest BCUT2D eigenvalue weighted by atomic mass is 16.5. The molecule has 182 valence electrons. The maximum absolute atomic E-state index is 12.9. The molecule has 8 nitrogen and oxygen atoms in total. The Balaban J connectivity index is 1.31. The van der Waals surface area contributed by atoms with Gasteiger partial charge in [-0.2, -0.15) is 0 Å². The second-order valence-electron chi connectivity index (χ2n) is 9.53. The average molecular weight is 475 g/mol. The molecular weight excluding hydrogens is 444 g/mol. The van der Waals surface area contributed by atoms with Gasteiger partial charge >= 0.3 is 0 Å². The number of carbonyl (C=O) groups excluding carboxylic acids is 2. The topological polar surface area (TPSA) is 93.5 Å². The number of fused-ring (bicyclic) bond motifs is 2. The van der Waals surface area contributed by atoms with Gasteiger partial charge in [-0.3, -0.25) is 19.0 Å². The number of anilines is 1. The second kappa shape index (κ2) is 9.62. The Bertz CT molecular complexity index is 1320. The lowest BCUT2D eigenvalue weighted by Crippen LogP contribution is -2.48. The number of carbonyl (C=O) groups is 2. The highest BCUT2D eigenvalue weighted by molar-refractivity contribution is 6.06. The molecular formula is C27H30N4O4. The molecule has 1 fully saturated rings.